The number of benzene rings is 4. The summed E-state index contributed by atoms with van der Waals surface area (Å²) in [5.41, 5.74) is 1.80. The van der Waals surface area contributed by atoms with Crippen molar-refractivity contribution >= 4 is 50.7 Å². The minimum atomic E-state index is -4.18. The van der Waals surface area contributed by atoms with E-state index in [2.05, 4.69) is 5.32 Å². The van der Waals surface area contributed by atoms with Gasteiger partial charge < -0.3 is 10.2 Å². The van der Waals surface area contributed by atoms with E-state index in [4.69, 9.17) is 23.2 Å². The van der Waals surface area contributed by atoms with Crippen LogP contribution in [0.1, 0.15) is 11.1 Å². The molecule has 1 N–H and O–H groups in total. The van der Waals surface area contributed by atoms with Gasteiger partial charge in [-0.2, -0.15) is 0 Å². The summed E-state index contributed by atoms with van der Waals surface area (Å²) in [4.78, 5) is 28.9. The van der Waals surface area contributed by atoms with E-state index in [1.54, 1.807) is 60.7 Å². The maximum atomic E-state index is 14.2. The van der Waals surface area contributed by atoms with Gasteiger partial charge in [-0.05, 0) is 53.6 Å². The predicted octanol–water partition coefficient (Wildman–Crippen LogP) is 5.57. The third kappa shape index (κ3) is 7.67. The SMILES string of the molecule is CNC(=O)C(Cc1ccccc1)N(Cc1ccc(Cl)cc1)C(=O)CN(c1cccc(Cl)c1)S(=O)(=O)c1ccccc1. The number of likely N-dealkylation sites (N-methyl/N-ethyl adjacent to an activating group) is 1. The Morgan fingerprint density at radius 3 is 2.02 bits per heavy atom. The fourth-order valence-electron chi connectivity index (χ4n) is 4.39. The van der Waals surface area contributed by atoms with Gasteiger partial charge in [0, 0.05) is 30.1 Å². The van der Waals surface area contributed by atoms with E-state index in [-0.39, 0.29) is 29.5 Å². The number of carbonyl (C=O) groups is 2. The number of carbonyl (C=O) groups excluding carboxylic acids is 2. The molecule has 0 aliphatic heterocycles. The number of nitrogens with zero attached hydrogens (tertiary/aromatic N) is 2. The average Bonchev–Trinajstić information content (AvgIpc) is 2.99. The van der Waals surface area contributed by atoms with Crippen molar-refractivity contribution in [1.29, 1.82) is 0 Å². The molecule has 10 heteroatoms. The predicted molar refractivity (Wildman–Crippen MR) is 162 cm³/mol. The van der Waals surface area contributed by atoms with Crippen LogP contribution in [0.25, 0.3) is 0 Å². The lowest BCUT2D eigenvalue weighted by molar-refractivity contribution is -0.139. The topological polar surface area (TPSA) is 86.8 Å². The summed E-state index contributed by atoms with van der Waals surface area (Å²) in [7, 11) is -2.68. The molecule has 0 fully saturated rings. The van der Waals surface area contributed by atoms with Gasteiger partial charge in [0.15, 0.2) is 0 Å². The summed E-state index contributed by atoms with van der Waals surface area (Å²) in [6, 6.07) is 29.5. The summed E-state index contributed by atoms with van der Waals surface area (Å²) in [5, 5.41) is 3.50. The second-order valence-corrected chi connectivity index (χ2v) is 12.0. The first-order chi connectivity index (χ1) is 19.7. The number of anilines is 1. The zero-order chi connectivity index (χ0) is 29.4. The van der Waals surface area contributed by atoms with E-state index < -0.39 is 28.5 Å². The van der Waals surface area contributed by atoms with Crippen LogP contribution in [0.2, 0.25) is 10.0 Å². The van der Waals surface area contributed by atoms with Crippen LogP contribution in [-0.2, 0) is 32.6 Å². The van der Waals surface area contributed by atoms with Crippen LogP contribution in [-0.4, -0.2) is 44.8 Å². The van der Waals surface area contributed by atoms with Crippen LogP contribution in [0.15, 0.2) is 114 Å². The molecule has 0 aliphatic rings. The first kappa shape index (κ1) is 30.1. The van der Waals surface area contributed by atoms with E-state index in [1.165, 1.54) is 30.1 Å². The van der Waals surface area contributed by atoms with E-state index in [0.717, 1.165) is 15.4 Å². The van der Waals surface area contributed by atoms with E-state index in [1.807, 2.05) is 30.3 Å². The highest BCUT2D eigenvalue weighted by Gasteiger charge is 2.34. The standard InChI is InChI=1S/C31H29Cl2N3O4S/c1-34-31(38)29(19-23-9-4-2-5-10-23)35(21-24-15-17-25(32)18-16-24)30(37)22-36(27-12-8-11-26(33)20-27)41(39,40)28-13-6-3-7-14-28/h2-18,20,29H,19,21-22H2,1H3,(H,34,38). The maximum absolute atomic E-state index is 14.2. The molecular weight excluding hydrogens is 581 g/mol. The second-order valence-electron chi connectivity index (χ2n) is 9.27. The maximum Gasteiger partial charge on any atom is 0.264 e. The molecule has 0 spiro atoms. The fraction of sp³-hybridized carbons (Fsp3) is 0.161. The average molecular weight is 611 g/mol. The van der Waals surface area contributed by atoms with Gasteiger partial charge in [0.1, 0.15) is 12.6 Å². The Balaban J connectivity index is 1.78. The normalized spacial score (nSPS) is 11.9. The first-order valence-corrected chi connectivity index (χ1v) is 15.0. The van der Waals surface area contributed by atoms with Crippen molar-refractivity contribution in [2.24, 2.45) is 0 Å². The molecule has 4 rings (SSSR count). The molecular formula is C31H29Cl2N3O4S. The number of halogens is 2. The number of rotatable bonds is 11. The molecule has 0 bridgehead atoms. The molecule has 1 unspecified atom stereocenters. The lowest BCUT2D eigenvalue weighted by Gasteiger charge is -2.33. The number of nitrogens with one attached hydrogen (secondary N) is 1. The third-order valence-electron chi connectivity index (χ3n) is 6.49. The molecule has 41 heavy (non-hydrogen) atoms. The lowest BCUT2D eigenvalue weighted by Crippen LogP contribution is -2.53. The Hall–Kier alpha value is -3.85. The fourth-order valence-corrected chi connectivity index (χ4v) is 6.12. The highest BCUT2D eigenvalue weighted by molar-refractivity contribution is 7.92. The summed E-state index contributed by atoms with van der Waals surface area (Å²) in [6.45, 7) is -0.511. The molecule has 0 aromatic heterocycles. The third-order valence-corrected chi connectivity index (χ3v) is 8.77. The highest BCUT2D eigenvalue weighted by Crippen LogP contribution is 2.27. The van der Waals surface area contributed by atoms with Gasteiger partial charge in [-0.25, -0.2) is 8.42 Å². The Morgan fingerprint density at radius 1 is 0.780 bits per heavy atom. The van der Waals surface area contributed by atoms with Crippen LogP contribution in [0.3, 0.4) is 0 Å². The van der Waals surface area contributed by atoms with Crippen molar-refractivity contribution in [1.82, 2.24) is 10.2 Å². The number of hydrogen-bond acceptors (Lipinski definition) is 4. The molecule has 2 amide bonds. The summed E-state index contributed by atoms with van der Waals surface area (Å²) in [6.07, 6.45) is 0.225. The highest BCUT2D eigenvalue weighted by atomic mass is 35.5. The van der Waals surface area contributed by atoms with E-state index in [9.17, 15) is 18.0 Å². The van der Waals surface area contributed by atoms with Crippen LogP contribution in [0.4, 0.5) is 5.69 Å². The molecule has 0 saturated heterocycles. The molecule has 0 heterocycles. The minimum absolute atomic E-state index is 0.0177. The van der Waals surface area contributed by atoms with E-state index >= 15 is 0 Å². The molecule has 212 valence electrons. The van der Waals surface area contributed by atoms with Gasteiger partial charge >= 0.3 is 0 Å². The van der Waals surface area contributed by atoms with Gasteiger partial charge in [0.2, 0.25) is 11.8 Å². The molecule has 4 aromatic carbocycles. The Kier molecular flexibility index (Phi) is 10.0. The summed E-state index contributed by atoms with van der Waals surface area (Å²) in [5.74, 6) is -0.944. The number of sulfonamides is 1. The quantitative estimate of drug-likeness (QED) is 0.241. The largest absolute Gasteiger partial charge is 0.357 e. The van der Waals surface area contributed by atoms with Crippen LogP contribution < -0.4 is 9.62 Å². The van der Waals surface area contributed by atoms with Crippen molar-refractivity contribution < 1.29 is 18.0 Å². The summed E-state index contributed by atoms with van der Waals surface area (Å²) >= 11 is 12.3. The molecule has 7 nitrogen and oxygen atoms in total. The second kappa shape index (κ2) is 13.7. The Morgan fingerprint density at radius 2 is 1.41 bits per heavy atom. The first-order valence-electron chi connectivity index (χ1n) is 12.8. The van der Waals surface area contributed by atoms with Gasteiger partial charge in [-0.1, -0.05) is 89.9 Å². The molecule has 0 aliphatic carbocycles. The van der Waals surface area contributed by atoms with Crippen molar-refractivity contribution in [3.05, 3.63) is 130 Å². The van der Waals surface area contributed by atoms with Crippen molar-refractivity contribution in [3.8, 4) is 0 Å². The molecule has 1 atom stereocenters. The lowest BCUT2D eigenvalue weighted by atomic mass is 10.0. The Labute approximate surface area is 250 Å². The van der Waals surface area contributed by atoms with Gasteiger partial charge in [0.05, 0.1) is 10.6 Å². The number of amides is 2. The van der Waals surface area contributed by atoms with E-state index in [0.29, 0.717) is 10.0 Å². The zero-order valence-electron chi connectivity index (χ0n) is 22.3. The molecule has 0 saturated carbocycles. The van der Waals surface area contributed by atoms with Gasteiger partial charge in [-0.3, -0.25) is 13.9 Å². The van der Waals surface area contributed by atoms with Gasteiger partial charge in [-0.15, -0.1) is 0 Å². The summed E-state index contributed by atoms with van der Waals surface area (Å²) < 4.78 is 28.8. The van der Waals surface area contributed by atoms with Crippen molar-refractivity contribution in [2.75, 3.05) is 17.9 Å². The minimum Gasteiger partial charge on any atom is -0.357 e. The van der Waals surface area contributed by atoms with Crippen LogP contribution in [0, 0.1) is 0 Å². The van der Waals surface area contributed by atoms with Crippen LogP contribution in [0.5, 0.6) is 0 Å². The molecule has 4 aromatic rings. The smallest absolute Gasteiger partial charge is 0.264 e. The van der Waals surface area contributed by atoms with Crippen molar-refractivity contribution in [3.63, 3.8) is 0 Å². The Bertz CT molecular complexity index is 1580. The van der Waals surface area contributed by atoms with Gasteiger partial charge in [0.25, 0.3) is 10.0 Å². The molecule has 0 radical (unpaired) electrons. The monoisotopic (exact) mass is 609 g/mol. The van der Waals surface area contributed by atoms with Crippen molar-refractivity contribution in [2.45, 2.75) is 23.9 Å². The van der Waals surface area contributed by atoms with Crippen LogP contribution >= 0.6 is 23.2 Å². The zero-order valence-corrected chi connectivity index (χ0v) is 24.6. The number of hydrogen-bond donors (Lipinski definition) is 1.